The van der Waals surface area contributed by atoms with Crippen LogP contribution in [0.5, 0.6) is 0 Å². The van der Waals surface area contributed by atoms with Gasteiger partial charge in [0.25, 0.3) is 5.91 Å². The van der Waals surface area contributed by atoms with E-state index >= 15 is 0 Å². The van der Waals surface area contributed by atoms with Crippen molar-refractivity contribution < 1.29 is 14.7 Å². The number of nitrogens with zero attached hydrogens (tertiary/aromatic N) is 2. The molecule has 5 heteroatoms. The number of carboxylic acids is 1. The minimum atomic E-state index is -0.983. The predicted molar refractivity (Wildman–Crippen MR) is 60.5 cm³/mol. The predicted octanol–water partition coefficient (Wildman–Crippen LogP) is 1.02. The monoisotopic (exact) mass is 234 g/mol. The second-order valence-corrected chi connectivity index (χ2v) is 4.26. The number of hydrogen-bond acceptors (Lipinski definition) is 3. The first-order valence-corrected chi connectivity index (χ1v) is 5.58. The average molecular weight is 234 g/mol. The van der Waals surface area contributed by atoms with Crippen LogP contribution >= 0.6 is 0 Å². The van der Waals surface area contributed by atoms with Crippen molar-refractivity contribution in [1.82, 2.24) is 9.88 Å². The summed E-state index contributed by atoms with van der Waals surface area (Å²) in [5.74, 6) is -0.773. The van der Waals surface area contributed by atoms with Crippen molar-refractivity contribution in [2.45, 2.75) is 12.8 Å². The van der Waals surface area contributed by atoms with Gasteiger partial charge >= 0.3 is 5.97 Å². The highest BCUT2D eigenvalue weighted by Crippen LogP contribution is 2.30. The van der Waals surface area contributed by atoms with Crippen molar-refractivity contribution >= 4 is 11.9 Å². The van der Waals surface area contributed by atoms with E-state index in [0.29, 0.717) is 18.0 Å². The Bertz CT molecular complexity index is 415. The zero-order chi connectivity index (χ0) is 12.3. The molecule has 0 radical (unpaired) electrons. The van der Waals surface area contributed by atoms with Gasteiger partial charge < -0.3 is 10.0 Å². The second kappa shape index (κ2) is 4.95. The smallest absolute Gasteiger partial charge is 0.323 e. The van der Waals surface area contributed by atoms with Crippen LogP contribution in [0.3, 0.4) is 0 Å². The molecule has 90 valence electrons. The molecule has 1 aromatic heterocycles. The highest BCUT2D eigenvalue weighted by atomic mass is 16.4. The van der Waals surface area contributed by atoms with Gasteiger partial charge in [0.1, 0.15) is 6.54 Å². The molecule has 1 heterocycles. The Kier molecular flexibility index (Phi) is 3.37. The number of carbonyl (C=O) groups is 2. The molecule has 1 aromatic rings. The fourth-order valence-electron chi connectivity index (χ4n) is 1.67. The molecule has 17 heavy (non-hydrogen) atoms. The number of hydrogen-bond donors (Lipinski definition) is 1. The maximum atomic E-state index is 12.1. The van der Waals surface area contributed by atoms with Gasteiger partial charge in [0.2, 0.25) is 0 Å². The van der Waals surface area contributed by atoms with Gasteiger partial charge in [-0.1, -0.05) is 0 Å². The van der Waals surface area contributed by atoms with E-state index in [0.717, 1.165) is 12.8 Å². The Balaban J connectivity index is 2.08. The van der Waals surface area contributed by atoms with Gasteiger partial charge in [-0.15, -0.1) is 0 Å². The summed E-state index contributed by atoms with van der Waals surface area (Å²) in [5, 5.41) is 8.80. The van der Waals surface area contributed by atoms with Gasteiger partial charge in [-0.3, -0.25) is 14.6 Å². The Hall–Kier alpha value is -1.91. The lowest BCUT2D eigenvalue weighted by Gasteiger charge is -2.20. The molecular formula is C12H14N2O3. The van der Waals surface area contributed by atoms with Crippen molar-refractivity contribution in [1.29, 1.82) is 0 Å². The van der Waals surface area contributed by atoms with Crippen LogP contribution in [-0.4, -0.2) is 40.0 Å². The molecule has 0 atom stereocenters. The van der Waals surface area contributed by atoms with E-state index in [1.807, 2.05) is 0 Å². The van der Waals surface area contributed by atoms with Crippen molar-refractivity contribution in [3.63, 3.8) is 0 Å². The SMILES string of the molecule is O=C(O)CN(CC1CC1)C(=O)c1cccnc1. The van der Waals surface area contributed by atoms with Gasteiger partial charge in [0, 0.05) is 18.9 Å². The first kappa shape index (κ1) is 11.6. The molecule has 1 fully saturated rings. The van der Waals surface area contributed by atoms with Crippen LogP contribution < -0.4 is 0 Å². The van der Waals surface area contributed by atoms with Crippen molar-refractivity contribution in [2.24, 2.45) is 5.92 Å². The largest absolute Gasteiger partial charge is 0.480 e. The molecule has 0 aromatic carbocycles. The first-order valence-electron chi connectivity index (χ1n) is 5.58. The lowest BCUT2D eigenvalue weighted by molar-refractivity contribution is -0.137. The zero-order valence-corrected chi connectivity index (χ0v) is 9.37. The molecule has 1 saturated carbocycles. The summed E-state index contributed by atoms with van der Waals surface area (Å²) < 4.78 is 0. The highest BCUT2D eigenvalue weighted by molar-refractivity contribution is 5.95. The number of rotatable bonds is 5. The first-order chi connectivity index (χ1) is 8.16. The summed E-state index contributed by atoms with van der Waals surface area (Å²) in [6.45, 7) is 0.282. The van der Waals surface area contributed by atoms with Crippen LogP contribution in [-0.2, 0) is 4.79 Å². The Morgan fingerprint density at radius 2 is 2.24 bits per heavy atom. The number of aliphatic carboxylic acids is 1. The molecule has 5 nitrogen and oxygen atoms in total. The summed E-state index contributed by atoms with van der Waals surface area (Å²) in [6, 6.07) is 3.32. The topological polar surface area (TPSA) is 70.5 Å². The van der Waals surface area contributed by atoms with Crippen LogP contribution in [0, 0.1) is 5.92 Å². The molecule has 0 bridgehead atoms. The van der Waals surface area contributed by atoms with Crippen LogP contribution in [0.4, 0.5) is 0 Å². The van der Waals surface area contributed by atoms with Crippen LogP contribution in [0.15, 0.2) is 24.5 Å². The third kappa shape index (κ3) is 3.27. The normalized spacial score (nSPS) is 14.4. The highest BCUT2D eigenvalue weighted by Gasteiger charge is 2.28. The maximum Gasteiger partial charge on any atom is 0.323 e. The molecule has 0 aliphatic heterocycles. The molecule has 1 aliphatic rings. The van der Waals surface area contributed by atoms with E-state index in [1.165, 1.54) is 11.1 Å². The van der Waals surface area contributed by atoms with Crippen molar-refractivity contribution in [3.8, 4) is 0 Å². The molecular weight excluding hydrogens is 220 g/mol. The van der Waals surface area contributed by atoms with E-state index in [-0.39, 0.29) is 12.5 Å². The number of amides is 1. The van der Waals surface area contributed by atoms with Crippen LogP contribution in [0.2, 0.25) is 0 Å². The molecule has 0 unspecified atom stereocenters. The number of aromatic nitrogens is 1. The van der Waals surface area contributed by atoms with Gasteiger partial charge in [0.05, 0.1) is 5.56 Å². The second-order valence-electron chi connectivity index (χ2n) is 4.26. The van der Waals surface area contributed by atoms with E-state index in [1.54, 1.807) is 18.3 Å². The minimum Gasteiger partial charge on any atom is -0.480 e. The third-order valence-electron chi connectivity index (χ3n) is 2.70. The van der Waals surface area contributed by atoms with E-state index < -0.39 is 5.97 Å². The average Bonchev–Trinajstić information content (AvgIpc) is 3.12. The third-order valence-corrected chi connectivity index (χ3v) is 2.70. The van der Waals surface area contributed by atoms with Crippen molar-refractivity contribution in [3.05, 3.63) is 30.1 Å². The Morgan fingerprint density at radius 1 is 1.47 bits per heavy atom. The van der Waals surface area contributed by atoms with Gasteiger partial charge in [-0.25, -0.2) is 0 Å². The number of carbonyl (C=O) groups excluding carboxylic acids is 1. The molecule has 0 spiro atoms. The van der Waals surface area contributed by atoms with Gasteiger partial charge in [-0.05, 0) is 30.9 Å². The van der Waals surface area contributed by atoms with Crippen LogP contribution in [0.1, 0.15) is 23.2 Å². The molecule has 1 amide bonds. The molecule has 1 N–H and O–H groups in total. The fourth-order valence-corrected chi connectivity index (χ4v) is 1.67. The molecule has 1 aliphatic carbocycles. The lowest BCUT2D eigenvalue weighted by atomic mass is 10.2. The van der Waals surface area contributed by atoms with Gasteiger partial charge in [-0.2, -0.15) is 0 Å². The lowest BCUT2D eigenvalue weighted by Crippen LogP contribution is -2.37. The Labute approximate surface area is 99.1 Å². The standard InChI is InChI=1S/C12H14N2O3/c15-11(16)8-14(7-9-3-4-9)12(17)10-2-1-5-13-6-10/h1-2,5-6,9H,3-4,7-8H2,(H,15,16). The number of pyridine rings is 1. The van der Waals surface area contributed by atoms with E-state index in [9.17, 15) is 9.59 Å². The number of carboxylic acid groups (broad SMARTS) is 1. The fraction of sp³-hybridized carbons (Fsp3) is 0.417. The summed E-state index contributed by atoms with van der Waals surface area (Å²) in [4.78, 5) is 28.1. The Morgan fingerprint density at radius 3 is 2.76 bits per heavy atom. The summed E-state index contributed by atoms with van der Waals surface area (Å²) in [7, 11) is 0. The summed E-state index contributed by atoms with van der Waals surface area (Å²) in [5.41, 5.74) is 0.439. The minimum absolute atomic E-state index is 0.246. The van der Waals surface area contributed by atoms with E-state index in [2.05, 4.69) is 4.98 Å². The van der Waals surface area contributed by atoms with E-state index in [4.69, 9.17) is 5.11 Å². The molecule has 2 rings (SSSR count). The van der Waals surface area contributed by atoms with Gasteiger partial charge in [0.15, 0.2) is 0 Å². The van der Waals surface area contributed by atoms with Crippen LogP contribution in [0.25, 0.3) is 0 Å². The summed E-state index contributed by atoms with van der Waals surface area (Å²) >= 11 is 0. The molecule has 0 saturated heterocycles. The summed E-state index contributed by atoms with van der Waals surface area (Å²) in [6.07, 6.45) is 5.20. The maximum absolute atomic E-state index is 12.1. The van der Waals surface area contributed by atoms with Crippen molar-refractivity contribution in [2.75, 3.05) is 13.1 Å². The quantitative estimate of drug-likeness (QED) is 0.825. The zero-order valence-electron chi connectivity index (χ0n) is 9.37.